The molecule has 0 aromatic carbocycles. The average Bonchev–Trinajstić information content (AvgIpc) is 2.16. The van der Waals surface area contributed by atoms with Gasteiger partial charge < -0.3 is 9.84 Å². The molecule has 92 valence electrons. The number of halogens is 1. The van der Waals surface area contributed by atoms with Crippen molar-refractivity contribution in [2.45, 2.75) is 43.1 Å². The van der Waals surface area contributed by atoms with Gasteiger partial charge in [0, 0.05) is 7.11 Å². The van der Waals surface area contributed by atoms with Crippen LogP contribution in [0.1, 0.15) is 33.6 Å². The third kappa shape index (κ3) is 5.12. The molecule has 0 aliphatic rings. The van der Waals surface area contributed by atoms with Gasteiger partial charge >= 0.3 is 5.97 Å². The van der Waals surface area contributed by atoms with E-state index in [4.69, 9.17) is 9.84 Å². The average molecular weight is 339 g/mol. The first-order chi connectivity index (χ1) is 7.16. The normalized spacial score (nSPS) is 17.2. The van der Waals surface area contributed by atoms with Crippen LogP contribution in [-0.2, 0) is 9.53 Å². The fourth-order valence-electron chi connectivity index (χ4n) is 1.65. The highest BCUT2D eigenvalue weighted by Gasteiger charge is 2.36. The van der Waals surface area contributed by atoms with Gasteiger partial charge in [0.05, 0.1) is 17.1 Å². The third-order valence-corrected chi connectivity index (χ3v) is 3.51. The van der Waals surface area contributed by atoms with Gasteiger partial charge in [-0.2, -0.15) is 5.26 Å². The maximum absolute atomic E-state index is 10.8. The number of alkyl halides is 1. The van der Waals surface area contributed by atoms with E-state index >= 15 is 0 Å². The minimum absolute atomic E-state index is 0.326. The summed E-state index contributed by atoms with van der Waals surface area (Å²) in [5, 5.41) is 18.0. The van der Waals surface area contributed by atoms with Gasteiger partial charge in [-0.1, -0.05) is 22.6 Å². The highest BCUT2D eigenvalue weighted by atomic mass is 127. The molecule has 5 heteroatoms. The molecule has 0 heterocycles. The molecule has 0 bridgehead atoms. The highest BCUT2D eigenvalue weighted by molar-refractivity contribution is 14.1. The molecule has 2 unspecified atom stereocenters. The summed E-state index contributed by atoms with van der Waals surface area (Å²) >= 11 is 1.85. The van der Waals surface area contributed by atoms with Crippen LogP contribution in [0, 0.1) is 16.7 Å². The molecule has 0 aliphatic heterocycles. The number of nitriles is 1. The summed E-state index contributed by atoms with van der Waals surface area (Å²) < 4.78 is 4.73. The highest BCUT2D eigenvalue weighted by Crippen LogP contribution is 2.35. The molecule has 0 aromatic rings. The monoisotopic (exact) mass is 339 g/mol. The summed E-state index contributed by atoms with van der Waals surface area (Å²) in [6.45, 7) is 5.57. The maximum atomic E-state index is 10.8. The van der Waals surface area contributed by atoms with E-state index in [0.717, 1.165) is 0 Å². The van der Waals surface area contributed by atoms with Gasteiger partial charge in [0.2, 0.25) is 0 Å². The lowest BCUT2D eigenvalue weighted by Gasteiger charge is -2.32. The van der Waals surface area contributed by atoms with Crippen molar-refractivity contribution < 1.29 is 14.6 Å². The molecular formula is C11H18INO3. The van der Waals surface area contributed by atoms with Crippen LogP contribution in [0.25, 0.3) is 0 Å². The van der Waals surface area contributed by atoms with Crippen molar-refractivity contribution in [1.29, 1.82) is 5.26 Å². The summed E-state index contributed by atoms with van der Waals surface area (Å²) in [5.74, 6) is -0.878. The molecule has 0 saturated carbocycles. The molecule has 0 rings (SSSR count). The molecule has 0 saturated heterocycles. The van der Waals surface area contributed by atoms with E-state index < -0.39 is 20.9 Å². The lowest BCUT2D eigenvalue weighted by molar-refractivity contribution is -0.136. The van der Waals surface area contributed by atoms with E-state index in [0.29, 0.717) is 12.8 Å². The van der Waals surface area contributed by atoms with Crippen molar-refractivity contribution in [3.05, 3.63) is 0 Å². The van der Waals surface area contributed by atoms with Crippen molar-refractivity contribution in [2.75, 3.05) is 7.11 Å². The first kappa shape index (κ1) is 15.7. The van der Waals surface area contributed by atoms with Crippen LogP contribution >= 0.6 is 22.6 Å². The number of aliphatic carboxylic acids is 1. The number of rotatable bonds is 6. The minimum atomic E-state index is -0.878. The molecule has 0 aliphatic carbocycles. The zero-order valence-electron chi connectivity index (χ0n) is 10.1. The van der Waals surface area contributed by atoms with Crippen molar-refractivity contribution in [2.24, 2.45) is 5.41 Å². The quantitative estimate of drug-likeness (QED) is 0.597. The number of hydrogen-bond acceptors (Lipinski definition) is 3. The first-order valence-corrected chi connectivity index (χ1v) is 6.24. The van der Waals surface area contributed by atoms with Gasteiger partial charge in [-0.15, -0.1) is 0 Å². The number of hydrogen-bond donors (Lipinski definition) is 1. The molecule has 0 fully saturated rings. The first-order valence-electron chi connectivity index (χ1n) is 4.99. The second-order valence-corrected chi connectivity index (χ2v) is 6.33. The van der Waals surface area contributed by atoms with Crippen LogP contribution in [-0.4, -0.2) is 27.7 Å². The summed E-state index contributed by atoms with van der Waals surface area (Å²) in [5.41, 5.74) is -1.09. The van der Waals surface area contributed by atoms with Crippen LogP contribution in [0.15, 0.2) is 0 Å². The molecule has 0 radical (unpaired) electrons. The summed E-state index contributed by atoms with van der Waals surface area (Å²) in [4.78, 5) is 10.8. The predicted octanol–water partition coefficient (Wildman–Crippen LogP) is 2.61. The second kappa shape index (κ2) is 5.82. The van der Waals surface area contributed by atoms with Gasteiger partial charge in [0.1, 0.15) is 3.92 Å². The summed E-state index contributed by atoms with van der Waals surface area (Å²) in [7, 11) is 1.59. The Labute approximate surface area is 110 Å². The largest absolute Gasteiger partial charge is 0.480 e. The van der Waals surface area contributed by atoms with Gasteiger partial charge in [0.25, 0.3) is 0 Å². The number of ether oxygens (including phenoxy) is 1. The minimum Gasteiger partial charge on any atom is -0.480 e. The van der Waals surface area contributed by atoms with E-state index in [1.807, 2.05) is 36.4 Å². The SMILES string of the molecule is COC(C)(C)CC(C)(C#N)CC(I)C(=O)O. The van der Waals surface area contributed by atoms with Crippen molar-refractivity contribution in [3.63, 3.8) is 0 Å². The Morgan fingerprint density at radius 2 is 2.06 bits per heavy atom. The Morgan fingerprint density at radius 3 is 2.38 bits per heavy atom. The number of carboxylic acids is 1. The Hall–Kier alpha value is -0.350. The van der Waals surface area contributed by atoms with E-state index in [1.165, 1.54) is 0 Å². The lowest BCUT2D eigenvalue weighted by atomic mass is 9.78. The van der Waals surface area contributed by atoms with Crippen molar-refractivity contribution in [1.82, 2.24) is 0 Å². The van der Waals surface area contributed by atoms with Gasteiger partial charge in [0.15, 0.2) is 0 Å². The van der Waals surface area contributed by atoms with E-state index in [1.54, 1.807) is 14.0 Å². The number of carboxylic acid groups (broad SMARTS) is 1. The van der Waals surface area contributed by atoms with Gasteiger partial charge in [-0.05, 0) is 33.6 Å². The van der Waals surface area contributed by atoms with Gasteiger partial charge in [-0.25, -0.2) is 0 Å². The molecular weight excluding hydrogens is 321 g/mol. The standard InChI is InChI=1S/C11H18INO3/c1-10(2,16-4)6-11(3,7-13)5-8(12)9(14)15/h8H,5-6H2,1-4H3,(H,14,15). The zero-order chi connectivity index (χ0) is 13.0. The van der Waals surface area contributed by atoms with Gasteiger partial charge in [-0.3, -0.25) is 4.79 Å². The topological polar surface area (TPSA) is 70.3 Å². The summed E-state index contributed by atoms with van der Waals surface area (Å²) in [6.07, 6.45) is 0.839. The van der Waals surface area contributed by atoms with Crippen LogP contribution in [0.5, 0.6) is 0 Å². The predicted molar refractivity (Wildman–Crippen MR) is 69.5 cm³/mol. The maximum Gasteiger partial charge on any atom is 0.316 e. The fraction of sp³-hybridized carbons (Fsp3) is 0.818. The molecule has 2 atom stereocenters. The molecule has 0 amide bonds. The summed E-state index contributed by atoms with van der Waals surface area (Å²) in [6, 6.07) is 2.21. The van der Waals surface area contributed by atoms with Crippen molar-refractivity contribution >= 4 is 28.6 Å². The fourth-order valence-corrected chi connectivity index (χ4v) is 2.62. The number of methoxy groups -OCH3 is 1. The Bertz CT molecular complexity index is 298. The number of carbonyl (C=O) groups is 1. The van der Waals surface area contributed by atoms with Crippen LogP contribution < -0.4 is 0 Å². The molecule has 16 heavy (non-hydrogen) atoms. The Balaban J connectivity index is 4.69. The number of nitrogens with zero attached hydrogens (tertiary/aromatic N) is 1. The van der Waals surface area contributed by atoms with E-state index in [-0.39, 0.29) is 0 Å². The molecule has 0 aromatic heterocycles. The van der Waals surface area contributed by atoms with E-state index in [9.17, 15) is 10.1 Å². The van der Waals surface area contributed by atoms with Crippen LogP contribution in [0.2, 0.25) is 0 Å². The smallest absolute Gasteiger partial charge is 0.316 e. The molecule has 1 N–H and O–H groups in total. The van der Waals surface area contributed by atoms with Crippen molar-refractivity contribution in [3.8, 4) is 6.07 Å². The Kier molecular flexibility index (Phi) is 5.70. The molecule has 4 nitrogen and oxygen atoms in total. The Morgan fingerprint density at radius 1 is 1.56 bits per heavy atom. The van der Waals surface area contributed by atoms with Crippen LogP contribution in [0.4, 0.5) is 0 Å². The lowest BCUT2D eigenvalue weighted by Crippen LogP contribution is -2.34. The van der Waals surface area contributed by atoms with E-state index in [2.05, 4.69) is 6.07 Å². The third-order valence-electron chi connectivity index (χ3n) is 2.54. The zero-order valence-corrected chi connectivity index (χ0v) is 12.2. The molecule has 0 spiro atoms. The van der Waals surface area contributed by atoms with Crippen LogP contribution in [0.3, 0.4) is 0 Å². The second-order valence-electron chi connectivity index (χ2n) is 4.82.